The van der Waals surface area contributed by atoms with Crippen LogP contribution >= 0.6 is 11.8 Å². The Kier molecular flexibility index (Phi) is 11.0. The molecule has 1 aromatic heterocycles. The molecule has 3 aromatic rings. The summed E-state index contributed by atoms with van der Waals surface area (Å²) in [5, 5.41) is 10.1. The molecule has 2 aromatic carbocycles. The number of carbonyl (C=O) groups is 3. The Bertz CT molecular complexity index is 1170. The fourth-order valence-electron chi connectivity index (χ4n) is 2.96. The summed E-state index contributed by atoms with van der Waals surface area (Å²) >= 11 is 0.944. The number of aromatic amines is 1. The molecule has 200 valence electrons. The van der Waals surface area contributed by atoms with E-state index in [2.05, 4.69) is 15.3 Å². The molecule has 0 fully saturated rings. The van der Waals surface area contributed by atoms with Gasteiger partial charge in [0.2, 0.25) is 11.0 Å². The topological polar surface area (TPSA) is 164 Å². The van der Waals surface area contributed by atoms with Gasteiger partial charge >= 0.3 is 12.1 Å². The molecule has 1 heterocycles. The van der Waals surface area contributed by atoms with Crippen LogP contribution in [0.3, 0.4) is 0 Å². The number of fused-ring (bicyclic) bond motifs is 1. The fraction of sp³-hybridized carbons (Fsp3) is 0.304. The van der Waals surface area contributed by atoms with E-state index in [1.165, 1.54) is 12.1 Å². The predicted octanol–water partition coefficient (Wildman–Crippen LogP) is 2.75. The van der Waals surface area contributed by atoms with Gasteiger partial charge in [0.25, 0.3) is 0 Å². The third-order valence-electron chi connectivity index (χ3n) is 4.81. The maximum Gasteiger partial charge on any atom is 0.490 e. The number of aliphatic carboxylic acids is 1. The van der Waals surface area contributed by atoms with Gasteiger partial charge in [-0.25, -0.2) is 14.2 Å². The van der Waals surface area contributed by atoms with Gasteiger partial charge in [0, 0.05) is 0 Å². The van der Waals surface area contributed by atoms with Gasteiger partial charge in [-0.1, -0.05) is 24.3 Å². The van der Waals surface area contributed by atoms with E-state index in [1.54, 1.807) is 12.1 Å². The number of carboxylic acids is 1. The summed E-state index contributed by atoms with van der Waals surface area (Å²) in [6.07, 6.45) is -3.87. The average Bonchev–Trinajstić information content (AvgIpc) is 3.25. The van der Waals surface area contributed by atoms with Crippen LogP contribution in [0, 0.1) is 5.82 Å². The number of nitrogens with zero attached hydrogens (tertiary/aromatic N) is 1. The molecule has 37 heavy (non-hydrogen) atoms. The number of carbonyl (C=O) groups excluding carboxylic acids is 2. The highest BCUT2D eigenvalue weighted by Crippen LogP contribution is 2.22. The summed E-state index contributed by atoms with van der Waals surface area (Å²) < 4.78 is 44.8. The molecule has 1 amide bonds. The number of thioether (sulfide) groups is 1. The summed E-state index contributed by atoms with van der Waals surface area (Å²) in [5.74, 6) is -3.56. The first-order valence-corrected chi connectivity index (χ1v) is 11.7. The number of carboxylic acid groups (broad SMARTS) is 1. The second-order valence-electron chi connectivity index (χ2n) is 7.71. The second kappa shape index (κ2) is 13.7. The smallest absolute Gasteiger partial charge is 0.475 e. The number of nitrogens with one attached hydrogen (secondary N) is 2. The van der Waals surface area contributed by atoms with Crippen molar-refractivity contribution in [2.45, 2.75) is 42.7 Å². The third-order valence-corrected chi connectivity index (χ3v) is 5.68. The largest absolute Gasteiger partial charge is 0.490 e. The summed E-state index contributed by atoms with van der Waals surface area (Å²) in [6, 6.07) is 11.7. The molecule has 0 aliphatic carbocycles. The Labute approximate surface area is 213 Å². The lowest BCUT2D eigenvalue weighted by atomic mass is 10.1. The quantitative estimate of drug-likeness (QED) is 0.203. The summed E-state index contributed by atoms with van der Waals surface area (Å²) in [6.45, 7) is 0.399. The van der Waals surface area contributed by atoms with E-state index < -0.39 is 30.1 Å². The number of amides is 1. The van der Waals surface area contributed by atoms with E-state index in [4.69, 9.17) is 21.4 Å². The van der Waals surface area contributed by atoms with Crippen molar-refractivity contribution in [1.82, 2.24) is 15.3 Å². The summed E-state index contributed by atoms with van der Waals surface area (Å²) in [7, 11) is 0. The Balaban J connectivity index is 0.000000604. The number of rotatable bonds is 9. The molecule has 2 atom stereocenters. The maximum atomic E-state index is 13.0. The number of benzene rings is 2. The minimum Gasteiger partial charge on any atom is -0.475 e. The van der Waals surface area contributed by atoms with Gasteiger partial charge < -0.3 is 26.9 Å². The highest BCUT2D eigenvalue weighted by molar-refractivity contribution is 8.13. The average molecular weight is 544 g/mol. The number of halogens is 4. The van der Waals surface area contributed by atoms with Crippen molar-refractivity contribution >= 4 is 39.8 Å². The van der Waals surface area contributed by atoms with E-state index in [1.807, 2.05) is 24.3 Å². The molecule has 3 rings (SSSR count). The van der Waals surface area contributed by atoms with Gasteiger partial charge in [0.05, 0.1) is 23.1 Å². The van der Waals surface area contributed by atoms with E-state index in [-0.39, 0.29) is 17.4 Å². The highest BCUT2D eigenvalue weighted by Gasteiger charge is 2.38. The van der Waals surface area contributed by atoms with Gasteiger partial charge in [-0.2, -0.15) is 13.2 Å². The van der Waals surface area contributed by atoms with Crippen LogP contribution in [-0.2, 0) is 20.8 Å². The number of aromatic nitrogens is 2. The van der Waals surface area contributed by atoms with Crippen molar-refractivity contribution in [2.75, 3.05) is 6.54 Å². The first-order chi connectivity index (χ1) is 17.4. The zero-order chi connectivity index (χ0) is 27.6. The number of nitrogens with two attached hydrogens (primary N) is 2. The Morgan fingerprint density at radius 1 is 1.11 bits per heavy atom. The van der Waals surface area contributed by atoms with Crippen molar-refractivity contribution in [3.05, 3.63) is 59.9 Å². The number of alkyl halides is 3. The van der Waals surface area contributed by atoms with Crippen LogP contribution in [-0.4, -0.2) is 56.9 Å². The van der Waals surface area contributed by atoms with E-state index in [0.717, 1.165) is 28.4 Å². The van der Waals surface area contributed by atoms with Gasteiger partial charge in [-0.05, 0) is 67.4 Å². The van der Waals surface area contributed by atoms with Gasteiger partial charge in [-0.3, -0.25) is 9.59 Å². The Morgan fingerprint density at radius 3 is 2.30 bits per heavy atom. The molecule has 9 nitrogen and oxygen atoms in total. The van der Waals surface area contributed by atoms with Gasteiger partial charge in [-0.15, -0.1) is 0 Å². The molecule has 14 heteroatoms. The zero-order valence-electron chi connectivity index (χ0n) is 19.3. The molecule has 0 aliphatic rings. The second-order valence-corrected chi connectivity index (χ2v) is 8.71. The minimum atomic E-state index is -5.08. The van der Waals surface area contributed by atoms with Crippen molar-refractivity contribution in [3.63, 3.8) is 0 Å². The maximum absolute atomic E-state index is 13.0. The van der Waals surface area contributed by atoms with Crippen molar-refractivity contribution in [3.8, 4) is 0 Å². The summed E-state index contributed by atoms with van der Waals surface area (Å²) in [5.41, 5.74) is 13.9. The lowest BCUT2D eigenvalue weighted by Gasteiger charge is -2.19. The molecule has 7 N–H and O–H groups in total. The third kappa shape index (κ3) is 9.82. The number of H-pyrrole nitrogens is 1. The van der Waals surface area contributed by atoms with Gasteiger partial charge in [0.1, 0.15) is 5.82 Å². The highest BCUT2D eigenvalue weighted by atomic mass is 32.2. The van der Waals surface area contributed by atoms with Gasteiger partial charge in [0.15, 0.2) is 5.16 Å². The molecule has 0 aliphatic heterocycles. The van der Waals surface area contributed by atoms with Crippen LogP contribution in [0.25, 0.3) is 11.0 Å². The number of imidazole rings is 1. The van der Waals surface area contributed by atoms with Crippen LogP contribution in [0.2, 0.25) is 0 Å². The first-order valence-electron chi connectivity index (χ1n) is 10.9. The van der Waals surface area contributed by atoms with Crippen LogP contribution in [0.15, 0.2) is 53.7 Å². The monoisotopic (exact) mass is 543 g/mol. The molecule has 0 spiro atoms. The Morgan fingerprint density at radius 2 is 1.73 bits per heavy atom. The van der Waals surface area contributed by atoms with Crippen molar-refractivity contribution in [1.29, 1.82) is 0 Å². The molecule has 0 saturated carbocycles. The van der Waals surface area contributed by atoms with E-state index in [0.29, 0.717) is 24.5 Å². The predicted molar refractivity (Wildman–Crippen MR) is 129 cm³/mol. The number of hydrogen-bond donors (Lipinski definition) is 5. The molecular formula is C23H25F4N5O4S. The van der Waals surface area contributed by atoms with Crippen LogP contribution in [0.5, 0.6) is 0 Å². The van der Waals surface area contributed by atoms with Crippen LogP contribution in [0.1, 0.15) is 18.4 Å². The standard InChI is InChI=1S/C21H24FN5O2S.C2HF3O2/c22-14-9-7-13(8-10-14)12-15(24)19(28)25-18(6-3-11-23)20(29)30-21-26-16-4-1-2-5-17(16)27-21;3-2(4,5)1(6)7/h1-2,4-5,7-10,15,18H,3,6,11-12,23-24H2,(H,25,28)(H,26,27);(H,6,7)/t15-,18-;/m0./s1. The van der Waals surface area contributed by atoms with Crippen molar-refractivity contribution < 1.29 is 37.1 Å². The first kappa shape index (κ1) is 29.7. The molecule has 0 radical (unpaired) electrons. The van der Waals surface area contributed by atoms with Crippen LogP contribution < -0.4 is 16.8 Å². The van der Waals surface area contributed by atoms with Crippen molar-refractivity contribution in [2.24, 2.45) is 11.5 Å². The SMILES string of the molecule is NCCC[C@H](NC(=O)[C@@H](N)Cc1ccc(F)cc1)C(=O)Sc1nc2ccccc2[nH]1.O=C(O)C(F)(F)F. The van der Waals surface area contributed by atoms with Crippen LogP contribution in [0.4, 0.5) is 17.6 Å². The minimum absolute atomic E-state index is 0.237. The fourth-order valence-corrected chi connectivity index (χ4v) is 3.78. The lowest BCUT2D eigenvalue weighted by molar-refractivity contribution is -0.192. The molecule has 0 bridgehead atoms. The number of para-hydroxylation sites is 2. The van der Waals surface area contributed by atoms with E-state index >= 15 is 0 Å². The molecule has 0 unspecified atom stereocenters. The Hall–Kier alpha value is -3.49. The zero-order valence-corrected chi connectivity index (χ0v) is 20.1. The van der Waals surface area contributed by atoms with E-state index in [9.17, 15) is 27.2 Å². The number of hydrogen-bond acceptors (Lipinski definition) is 7. The normalized spacial score (nSPS) is 12.8. The molecule has 0 saturated heterocycles. The summed E-state index contributed by atoms with van der Waals surface area (Å²) in [4.78, 5) is 41.7. The molecular weight excluding hydrogens is 518 g/mol. The lowest BCUT2D eigenvalue weighted by Crippen LogP contribution is -2.48.